The van der Waals surface area contributed by atoms with Crippen molar-refractivity contribution in [1.82, 2.24) is 5.32 Å². The number of nitrogens with one attached hydrogen (secondary N) is 1. The van der Waals surface area contributed by atoms with E-state index in [1.165, 1.54) is 0 Å². The van der Waals surface area contributed by atoms with E-state index >= 15 is 0 Å². The molecule has 3 nitrogen and oxygen atoms in total. The summed E-state index contributed by atoms with van der Waals surface area (Å²) in [5, 5.41) is 12.6. The van der Waals surface area contributed by atoms with Crippen LogP contribution in [0.4, 0.5) is 0 Å². The van der Waals surface area contributed by atoms with Gasteiger partial charge in [0.15, 0.2) is 0 Å². The van der Waals surface area contributed by atoms with Gasteiger partial charge in [-0.3, -0.25) is 0 Å². The highest BCUT2D eigenvalue weighted by Gasteiger charge is 2.23. The van der Waals surface area contributed by atoms with Crippen LogP contribution in [0.2, 0.25) is 0 Å². The first-order valence-corrected chi connectivity index (χ1v) is 5.40. The lowest BCUT2D eigenvalue weighted by Gasteiger charge is -2.31. The van der Waals surface area contributed by atoms with Gasteiger partial charge in [-0.05, 0) is 27.2 Å². The Kier molecular flexibility index (Phi) is 6.33. The minimum atomic E-state index is -0.219. The molecule has 0 fully saturated rings. The quantitative estimate of drug-likeness (QED) is 0.659. The molecule has 0 radical (unpaired) electrons. The minimum Gasteiger partial charge on any atom is -0.394 e. The summed E-state index contributed by atoms with van der Waals surface area (Å²) >= 11 is 0. The number of rotatable bonds is 7. The molecule has 1 unspecified atom stereocenters. The standard InChI is InChI=1S/C11H25NO2/c1-9(2)12-11(5,8-13)6-7-14-10(3)4/h9-10,12-13H,6-8H2,1-5H3. The lowest BCUT2D eigenvalue weighted by Crippen LogP contribution is -2.49. The molecule has 0 aromatic rings. The maximum Gasteiger partial charge on any atom is 0.0611 e. The Morgan fingerprint density at radius 2 is 1.86 bits per heavy atom. The first kappa shape index (κ1) is 13.9. The summed E-state index contributed by atoms with van der Waals surface area (Å²) in [5.74, 6) is 0. The summed E-state index contributed by atoms with van der Waals surface area (Å²) < 4.78 is 5.47. The van der Waals surface area contributed by atoms with Gasteiger partial charge in [0.1, 0.15) is 0 Å². The third-order valence-corrected chi connectivity index (χ3v) is 2.09. The zero-order valence-electron chi connectivity index (χ0n) is 10.1. The van der Waals surface area contributed by atoms with Crippen molar-refractivity contribution in [1.29, 1.82) is 0 Å². The third kappa shape index (κ3) is 6.35. The van der Waals surface area contributed by atoms with Gasteiger partial charge in [0.05, 0.1) is 12.7 Å². The van der Waals surface area contributed by atoms with Crippen LogP contribution in [0.25, 0.3) is 0 Å². The lowest BCUT2D eigenvalue weighted by molar-refractivity contribution is 0.0483. The number of ether oxygens (including phenoxy) is 1. The second-order valence-electron chi connectivity index (χ2n) is 4.69. The van der Waals surface area contributed by atoms with Crippen LogP contribution < -0.4 is 5.32 Å². The molecule has 1 atom stereocenters. The highest BCUT2D eigenvalue weighted by Crippen LogP contribution is 2.10. The molecule has 0 amide bonds. The van der Waals surface area contributed by atoms with E-state index in [0.29, 0.717) is 12.6 Å². The first-order chi connectivity index (χ1) is 6.39. The molecule has 0 saturated carbocycles. The van der Waals surface area contributed by atoms with Gasteiger partial charge in [-0.25, -0.2) is 0 Å². The predicted octanol–water partition coefficient (Wildman–Crippen LogP) is 1.55. The van der Waals surface area contributed by atoms with Crippen molar-refractivity contribution in [3.63, 3.8) is 0 Å². The molecule has 2 N–H and O–H groups in total. The fourth-order valence-corrected chi connectivity index (χ4v) is 1.41. The van der Waals surface area contributed by atoms with Crippen LogP contribution in [0.3, 0.4) is 0 Å². The van der Waals surface area contributed by atoms with Crippen molar-refractivity contribution in [2.24, 2.45) is 0 Å². The molecule has 86 valence electrons. The molecule has 0 bridgehead atoms. The Morgan fingerprint density at radius 1 is 1.29 bits per heavy atom. The average molecular weight is 203 g/mol. The van der Waals surface area contributed by atoms with Gasteiger partial charge in [-0.2, -0.15) is 0 Å². The van der Waals surface area contributed by atoms with Crippen LogP contribution in [0.5, 0.6) is 0 Å². The van der Waals surface area contributed by atoms with Gasteiger partial charge < -0.3 is 15.2 Å². The van der Waals surface area contributed by atoms with Crippen molar-refractivity contribution >= 4 is 0 Å². The van der Waals surface area contributed by atoms with Gasteiger partial charge in [-0.1, -0.05) is 13.8 Å². The number of aliphatic hydroxyl groups excluding tert-OH is 1. The van der Waals surface area contributed by atoms with Crippen LogP contribution in [0.1, 0.15) is 41.0 Å². The smallest absolute Gasteiger partial charge is 0.0611 e. The van der Waals surface area contributed by atoms with E-state index in [-0.39, 0.29) is 18.2 Å². The maximum atomic E-state index is 9.28. The molecule has 14 heavy (non-hydrogen) atoms. The molecule has 0 aliphatic heterocycles. The van der Waals surface area contributed by atoms with Crippen molar-refractivity contribution < 1.29 is 9.84 Å². The predicted molar refractivity (Wildman–Crippen MR) is 59.5 cm³/mol. The number of hydrogen-bond acceptors (Lipinski definition) is 3. The van der Waals surface area contributed by atoms with Crippen LogP contribution in [-0.4, -0.2) is 36.0 Å². The Morgan fingerprint density at radius 3 is 2.21 bits per heavy atom. The summed E-state index contributed by atoms with van der Waals surface area (Å²) in [6.07, 6.45) is 1.09. The average Bonchev–Trinajstić information content (AvgIpc) is 2.02. The summed E-state index contributed by atoms with van der Waals surface area (Å²) in [4.78, 5) is 0. The van der Waals surface area contributed by atoms with Crippen LogP contribution in [0.15, 0.2) is 0 Å². The number of hydrogen-bond donors (Lipinski definition) is 2. The lowest BCUT2D eigenvalue weighted by atomic mass is 9.98. The van der Waals surface area contributed by atoms with Gasteiger partial charge in [0, 0.05) is 18.2 Å². The molecule has 0 rings (SSSR count). The van der Waals surface area contributed by atoms with Gasteiger partial charge in [-0.15, -0.1) is 0 Å². The first-order valence-electron chi connectivity index (χ1n) is 5.40. The van der Waals surface area contributed by atoms with Gasteiger partial charge >= 0.3 is 0 Å². The molecular formula is C11H25NO2. The second kappa shape index (κ2) is 6.38. The van der Waals surface area contributed by atoms with Crippen LogP contribution in [-0.2, 0) is 4.74 Å². The van der Waals surface area contributed by atoms with E-state index < -0.39 is 0 Å². The molecule has 3 heteroatoms. The van der Waals surface area contributed by atoms with Crippen LogP contribution in [0, 0.1) is 0 Å². The Bertz CT molecular complexity index is 148. The molecule has 0 spiro atoms. The zero-order chi connectivity index (χ0) is 11.2. The third-order valence-electron chi connectivity index (χ3n) is 2.09. The minimum absolute atomic E-state index is 0.145. The summed E-state index contributed by atoms with van der Waals surface area (Å²) in [6.45, 7) is 11.1. The Hall–Kier alpha value is -0.120. The molecule has 0 saturated heterocycles. The van der Waals surface area contributed by atoms with Gasteiger partial charge in [0.25, 0.3) is 0 Å². The Labute approximate surface area is 87.8 Å². The Balaban J connectivity index is 3.86. The van der Waals surface area contributed by atoms with E-state index in [0.717, 1.165) is 6.42 Å². The van der Waals surface area contributed by atoms with Crippen molar-refractivity contribution in [3.8, 4) is 0 Å². The summed E-state index contributed by atoms with van der Waals surface area (Å²) in [6, 6.07) is 0.381. The molecule has 0 aliphatic carbocycles. The molecule has 0 aromatic heterocycles. The SMILES string of the molecule is CC(C)NC(C)(CO)CCOC(C)C. The molecular weight excluding hydrogens is 178 g/mol. The summed E-state index contributed by atoms with van der Waals surface area (Å²) in [5.41, 5.74) is -0.219. The van der Waals surface area contributed by atoms with Crippen molar-refractivity contribution in [2.45, 2.75) is 58.7 Å². The van der Waals surface area contributed by atoms with E-state index in [9.17, 15) is 5.11 Å². The number of aliphatic hydroxyl groups is 1. The zero-order valence-corrected chi connectivity index (χ0v) is 10.1. The largest absolute Gasteiger partial charge is 0.394 e. The second-order valence-corrected chi connectivity index (χ2v) is 4.69. The monoisotopic (exact) mass is 203 g/mol. The molecule has 0 aromatic carbocycles. The fourth-order valence-electron chi connectivity index (χ4n) is 1.41. The van der Waals surface area contributed by atoms with E-state index in [1.807, 2.05) is 20.8 Å². The van der Waals surface area contributed by atoms with E-state index in [1.54, 1.807) is 0 Å². The normalized spacial score (nSPS) is 16.3. The molecule has 0 aliphatic rings. The van der Waals surface area contributed by atoms with Crippen molar-refractivity contribution in [2.75, 3.05) is 13.2 Å². The molecule has 0 heterocycles. The maximum absolute atomic E-state index is 9.28. The van der Waals surface area contributed by atoms with Crippen LogP contribution >= 0.6 is 0 Å². The highest BCUT2D eigenvalue weighted by molar-refractivity contribution is 4.83. The summed E-state index contributed by atoms with van der Waals surface area (Å²) in [7, 11) is 0. The van der Waals surface area contributed by atoms with E-state index in [4.69, 9.17) is 4.74 Å². The highest BCUT2D eigenvalue weighted by atomic mass is 16.5. The van der Waals surface area contributed by atoms with E-state index in [2.05, 4.69) is 19.2 Å². The topological polar surface area (TPSA) is 41.5 Å². The van der Waals surface area contributed by atoms with Gasteiger partial charge in [0.2, 0.25) is 0 Å². The van der Waals surface area contributed by atoms with Crippen molar-refractivity contribution in [3.05, 3.63) is 0 Å². The fraction of sp³-hybridized carbons (Fsp3) is 1.00.